The molecule has 1 saturated carbocycles. The summed E-state index contributed by atoms with van der Waals surface area (Å²) in [6, 6.07) is 17.8. The minimum atomic E-state index is -0.538. The number of anilines is 1. The molecule has 0 heterocycles. The second kappa shape index (κ2) is 11.6. The van der Waals surface area contributed by atoms with E-state index in [2.05, 4.69) is 36.5 Å². The van der Waals surface area contributed by atoms with E-state index < -0.39 is 6.10 Å². The number of allylic oxidation sites excluding steroid dienone is 2. The largest absolute Gasteiger partial charge is 0.392 e. The highest BCUT2D eigenvalue weighted by atomic mass is 16.3. The third-order valence-electron chi connectivity index (χ3n) is 7.24. The van der Waals surface area contributed by atoms with Gasteiger partial charge >= 0.3 is 0 Å². The molecule has 5 atom stereocenters. The van der Waals surface area contributed by atoms with Crippen LogP contribution >= 0.6 is 0 Å². The summed E-state index contributed by atoms with van der Waals surface area (Å²) in [6.07, 6.45) is 11.3. The number of aliphatic hydroxyl groups is 2. The zero-order chi connectivity index (χ0) is 23.9. The van der Waals surface area contributed by atoms with Gasteiger partial charge in [-0.25, -0.2) is 0 Å². The van der Waals surface area contributed by atoms with Gasteiger partial charge in [0.2, 0.25) is 5.91 Å². The van der Waals surface area contributed by atoms with E-state index in [-0.39, 0.29) is 17.9 Å². The zero-order valence-electron chi connectivity index (χ0n) is 20.1. The lowest BCUT2D eigenvalue weighted by atomic mass is 9.88. The van der Waals surface area contributed by atoms with Gasteiger partial charge in [-0.1, -0.05) is 71.8 Å². The van der Waals surface area contributed by atoms with Crippen molar-refractivity contribution in [2.24, 2.45) is 17.8 Å². The van der Waals surface area contributed by atoms with Crippen LogP contribution in [0.4, 0.5) is 5.69 Å². The topological polar surface area (TPSA) is 69.6 Å². The molecule has 0 aliphatic heterocycles. The van der Waals surface area contributed by atoms with Crippen LogP contribution in [-0.4, -0.2) is 28.3 Å². The minimum Gasteiger partial charge on any atom is -0.392 e. The monoisotopic (exact) mass is 459 g/mol. The Morgan fingerprint density at radius 2 is 1.97 bits per heavy atom. The standard InChI is InChI=1S/C30H37NO3/c1-21-8-7-10-22(16-21)18-26(32)14-15-27-28-19-23(17-24(28)20-29(27)33)9-5-6-13-30(34)31-25-11-3-2-4-12-25/h2-4,7-8,10-12,14-17,24,26-29,32-33H,5-6,9,13,18-20H2,1H3,(H,31,34)/b15-14+/t24-,26+,27+,28-,29+/m0/s1. The van der Waals surface area contributed by atoms with E-state index in [0.717, 1.165) is 43.4 Å². The fourth-order valence-electron chi connectivity index (χ4n) is 5.58. The van der Waals surface area contributed by atoms with Crippen LogP contribution in [0.1, 0.15) is 49.7 Å². The molecule has 1 fully saturated rings. The SMILES string of the molecule is Cc1cccc(C[C@H](O)/C=C/[C@@H]2[C@H]3CC(CCCCC(=O)Nc4ccccc4)=C[C@H]3C[C@H]2O)c1. The van der Waals surface area contributed by atoms with Crippen LogP contribution in [0.3, 0.4) is 0 Å². The van der Waals surface area contributed by atoms with Gasteiger partial charge in [0.05, 0.1) is 12.2 Å². The number of amides is 1. The molecule has 4 rings (SSSR count). The van der Waals surface area contributed by atoms with E-state index in [1.807, 2.05) is 48.5 Å². The first-order valence-corrected chi connectivity index (χ1v) is 12.6. The van der Waals surface area contributed by atoms with E-state index in [0.29, 0.717) is 24.7 Å². The first kappa shape index (κ1) is 24.4. The minimum absolute atomic E-state index is 0.0704. The summed E-state index contributed by atoms with van der Waals surface area (Å²) in [5.41, 5.74) is 4.64. The predicted molar refractivity (Wildman–Crippen MR) is 137 cm³/mol. The number of nitrogens with one attached hydrogen (secondary N) is 1. The second-order valence-corrected chi connectivity index (χ2v) is 10.0. The fraction of sp³-hybridized carbons (Fsp3) is 0.433. The van der Waals surface area contributed by atoms with Crippen molar-refractivity contribution in [2.45, 2.75) is 64.1 Å². The number of aryl methyl sites for hydroxylation is 1. The van der Waals surface area contributed by atoms with Gasteiger partial charge in [0.1, 0.15) is 0 Å². The van der Waals surface area contributed by atoms with Gasteiger partial charge < -0.3 is 15.5 Å². The molecule has 0 saturated heterocycles. The molecule has 0 spiro atoms. The number of carbonyl (C=O) groups excluding carboxylic acids is 1. The summed E-state index contributed by atoms with van der Waals surface area (Å²) in [4.78, 5) is 12.1. The Bertz CT molecular complexity index is 1010. The molecule has 180 valence electrons. The third kappa shape index (κ3) is 6.68. The van der Waals surface area contributed by atoms with E-state index in [9.17, 15) is 15.0 Å². The van der Waals surface area contributed by atoms with Crippen molar-refractivity contribution in [1.82, 2.24) is 0 Å². The number of rotatable bonds is 10. The summed E-state index contributed by atoms with van der Waals surface area (Å²) >= 11 is 0. The lowest BCUT2D eigenvalue weighted by molar-refractivity contribution is -0.116. The molecule has 3 N–H and O–H groups in total. The van der Waals surface area contributed by atoms with Crippen molar-refractivity contribution in [2.75, 3.05) is 5.32 Å². The van der Waals surface area contributed by atoms with Crippen molar-refractivity contribution in [3.05, 3.63) is 89.5 Å². The quantitative estimate of drug-likeness (QED) is 0.320. The van der Waals surface area contributed by atoms with Crippen molar-refractivity contribution < 1.29 is 15.0 Å². The number of hydrogen-bond acceptors (Lipinski definition) is 3. The molecule has 0 radical (unpaired) electrons. The van der Waals surface area contributed by atoms with Crippen molar-refractivity contribution >= 4 is 11.6 Å². The number of carbonyl (C=O) groups is 1. The highest BCUT2D eigenvalue weighted by Crippen LogP contribution is 2.48. The Hall–Kier alpha value is -2.69. The number of fused-ring (bicyclic) bond motifs is 1. The molecular formula is C30H37NO3. The van der Waals surface area contributed by atoms with Gasteiger partial charge in [0.25, 0.3) is 0 Å². The number of para-hydroxylation sites is 1. The molecule has 0 unspecified atom stereocenters. The first-order valence-electron chi connectivity index (χ1n) is 12.6. The Morgan fingerprint density at radius 3 is 2.76 bits per heavy atom. The number of unbranched alkanes of at least 4 members (excludes halogenated alkanes) is 1. The fourth-order valence-corrected chi connectivity index (χ4v) is 5.58. The molecule has 1 amide bonds. The van der Waals surface area contributed by atoms with Gasteiger partial charge in [-0.15, -0.1) is 0 Å². The van der Waals surface area contributed by atoms with Crippen LogP contribution in [-0.2, 0) is 11.2 Å². The van der Waals surface area contributed by atoms with Gasteiger partial charge in [-0.2, -0.15) is 0 Å². The normalized spacial score (nSPS) is 24.7. The Morgan fingerprint density at radius 1 is 1.15 bits per heavy atom. The maximum atomic E-state index is 12.1. The Kier molecular flexibility index (Phi) is 8.36. The summed E-state index contributed by atoms with van der Waals surface area (Å²) in [6.45, 7) is 2.06. The summed E-state index contributed by atoms with van der Waals surface area (Å²) in [5.74, 6) is 1.02. The van der Waals surface area contributed by atoms with E-state index >= 15 is 0 Å². The average molecular weight is 460 g/mol. The van der Waals surface area contributed by atoms with Crippen LogP contribution in [0.25, 0.3) is 0 Å². The van der Waals surface area contributed by atoms with Crippen LogP contribution < -0.4 is 5.32 Å². The zero-order valence-corrected chi connectivity index (χ0v) is 20.1. The highest BCUT2D eigenvalue weighted by molar-refractivity contribution is 5.90. The van der Waals surface area contributed by atoms with Gasteiger partial charge in [0, 0.05) is 24.4 Å². The Balaban J connectivity index is 1.20. The van der Waals surface area contributed by atoms with Gasteiger partial charge in [-0.3, -0.25) is 4.79 Å². The lowest BCUT2D eigenvalue weighted by Gasteiger charge is -2.19. The smallest absolute Gasteiger partial charge is 0.224 e. The molecule has 34 heavy (non-hydrogen) atoms. The van der Waals surface area contributed by atoms with Crippen molar-refractivity contribution in [1.29, 1.82) is 0 Å². The van der Waals surface area contributed by atoms with Crippen LogP contribution in [0.2, 0.25) is 0 Å². The average Bonchev–Trinajstić information content (AvgIpc) is 3.32. The molecular weight excluding hydrogens is 422 g/mol. The van der Waals surface area contributed by atoms with E-state index in [1.165, 1.54) is 11.1 Å². The molecule has 4 heteroatoms. The number of aliphatic hydroxyl groups excluding tert-OH is 2. The number of hydrogen-bond donors (Lipinski definition) is 3. The van der Waals surface area contributed by atoms with E-state index in [1.54, 1.807) is 0 Å². The maximum Gasteiger partial charge on any atom is 0.224 e. The molecule has 2 aromatic carbocycles. The van der Waals surface area contributed by atoms with Gasteiger partial charge in [0.15, 0.2) is 0 Å². The Labute approximate surface area is 203 Å². The van der Waals surface area contributed by atoms with Crippen LogP contribution in [0.15, 0.2) is 78.4 Å². The lowest BCUT2D eigenvalue weighted by Crippen LogP contribution is -2.18. The summed E-state index contributed by atoms with van der Waals surface area (Å²) < 4.78 is 0. The molecule has 2 aliphatic rings. The van der Waals surface area contributed by atoms with Crippen LogP contribution in [0.5, 0.6) is 0 Å². The molecule has 4 nitrogen and oxygen atoms in total. The number of benzene rings is 2. The maximum absolute atomic E-state index is 12.1. The first-order chi connectivity index (χ1) is 16.5. The third-order valence-corrected chi connectivity index (χ3v) is 7.24. The highest BCUT2D eigenvalue weighted by Gasteiger charge is 2.43. The molecule has 2 aromatic rings. The summed E-state index contributed by atoms with van der Waals surface area (Å²) in [5, 5.41) is 24.1. The molecule has 2 aliphatic carbocycles. The van der Waals surface area contributed by atoms with Crippen LogP contribution in [0, 0.1) is 24.7 Å². The van der Waals surface area contributed by atoms with E-state index in [4.69, 9.17) is 0 Å². The summed E-state index contributed by atoms with van der Waals surface area (Å²) in [7, 11) is 0. The predicted octanol–water partition coefficient (Wildman–Crippen LogP) is 5.60. The molecule has 0 bridgehead atoms. The molecule has 0 aromatic heterocycles. The van der Waals surface area contributed by atoms with Gasteiger partial charge in [-0.05, 0) is 68.6 Å². The van der Waals surface area contributed by atoms with Crippen molar-refractivity contribution in [3.8, 4) is 0 Å². The van der Waals surface area contributed by atoms with Crippen molar-refractivity contribution in [3.63, 3.8) is 0 Å². The second-order valence-electron chi connectivity index (χ2n) is 10.0.